The van der Waals surface area contributed by atoms with Crippen LogP contribution in [0.25, 0.3) is 0 Å². The zero-order valence-corrected chi connectivity index (χ0v) is 17.8. The monoisotopic (exact) mass is 470 g/mol. The van der Waals surface area contributed by atoms with E-state index in [2.05, 4.69) is 27.8 Å². The molecule has 7 heteroatoms. The number of rotatable bonds is 7. The topological polar surface area (TPSA) is 67.7 Å². The van der Waals surface area contributed by atoms with E-state index in [0.717, 1.165) is 17.1 Å². The molecule has 0 saturated carbocycles. The molecule has 0 aliphatic heterocycles. The summed E-state index contributed by atoms with van der Waals surface area (Å²) in [7, 11) is 3.43. The number of hydrogen-bond acceptors (Lipinski definition) is 3. The number of ether oxygens (including phenoxy) is 1. The minimum atomic E-state index is 0. The molecule has 1 aromatic heterocycles. The molecule has 0 saturated heterocycles. The number of nitrogens with one attached hydrogen (secondary N) is 2. The number of methoxy groups -OCH3 is 1. The first-order valence-corrected chi connectivity index (χ1v) is 8.31. The highest BCUT2D eigenvalue weighted by Crippen LogP contribution is 2.05. The summed E-state index contributed by atoms with van der Waals surface area (Å²) in [4.78, 5) is 16.0. The molecule has 0 aliphatic carbocycles. The van der Waals surface area contributed by atoms with Gasteiger partial charge in [0.25, 0.3) is 5.56 Å². The van der Waals surface area contributed by atoms with Crippen LogP contribution in [0.1, 0.15) is 18.1 Å². The minimum Gasteiger partial charge on any atom is -0.383 e. The van der Waals surface area contributed by atoms with Crippen LogP contribution in [0.15, 0.2) is 58.4 Å². The molecule has 0 amide bonds. The van der Waals surface area contributed by atoms with E-state index in [9.17, 15) is 4.79 Å². The standard InChI is InChI=1S/C19H26N4O2.HI/c1-15(14-25-3)22-19(20-2)21-12-16-7-9-17(10-8-16)13-23-11-5-4-6-18(23)24;/h4-11,15H,12-14H2,1-3H3,(H2,20,21,22);1H. The quantitative estimate of drug-likeness (QED) is 0.370. The van der Waals surface area contributed by atoms with Gasteiger partial charge in [-0.1, -0.05) is 30.3 Å². The van der Waals surface area contributed by atoms with Crippen molar-refractivity contribution in [3.8, 4) is 0 Å². The average molecular weight is 470 g/mol. The first-order chi connectivity index (χ1) is 12.1. The van der Waals surface area contributed by atoms with Crippen molar-refractivity contribution in [1.82, 2.24) is 15.2 Å². The van der Waals surface area contributed by atoms with Gasteiger partial charge in [0.1, 0.15) is 0 Å². The Balaban J connectivity index is 0.00000338. The van der Waals surface area contributed by atoms with Gasteiger partial charge in [-0.05, 0) is 24.1 Å². The molecular weight excluding hydrogens is 443 g/mol. The number of benzene rings is 1. The lowest BCUT2D eigenvalue weighted by Gasteiger charge is -2.17. The van der Waals surface area contributed by atoms with E-state index in [1.807, 2.05) is 25.1 Å². The van der Waals surface area contributed by atoms with E-state index in [4.69, 9.17) is 4.74 Å². The minimum absolute atomic E-state index is 0. The third-order valence-corrected chi connectivity index (χ3v) is 3.76. The Morgan fingerprint density at radius 2 is 1.88 bits per heavy atom. The van der Waals surface area contributed by atoms with Gasteiger partial charge in [-0.25, -0.2) is 0 Å². The highest BCUT2D eigenvalue weighted by atomic mass is 127. The van der Waals surface area contributed by atoms with Gasteiger partial charge in [-0.2, -0.15) is 0 Å². The molecule has 2 N–H and O–H groups in total. The van der Waals surface area contributed by atoms with Crippen LogP contribution < -0.4 is 16.2 Å². The molecule has 1 atom stereocenters. The van der Waals surface area contributed by atoms with Crippen LogP contribution >= 0.6 is 24.0 Å². The maximum Gasteiger partial charge on any atom is 0.250 e. The van der Waals surface area contributed by atoms with Gasteiger partial charge >= 0.3 is 0 Å². The van der Waals surface area contributed by atoms with Gasteiger partial charge in [0, 0.05) is 39.0 Å². The molecule has 6 nitrogen and oxygen atoms in total. The normalized spacial score (nSPS) is 12.2. The second-order valence-electron chi connectivity index (χ2n) is 5.91. The second kappa shape index (κ2) is 11.7. The number of nitrogens with zero attached hydrogens (tertiary/aromatic N) is 2. The number of aromatic nitrogens is 1. The summed E-state index contributed by atoms with van der Waals surface area (Å²) >= 11 is 0. The van der Waals surface area contributed by atoms with Crippen LogP contribution in [-0.4, -0.2) is 37.3 Å². The van der Waals surface area contributed by atoms with Gasteiger partial charge in [0.2, 0.25) is 0 Å². The Morgan fingerprint density at radius 1 is 1.19 bits per heavy atom. The van der Waals surface area contributed by atoms with Crippen molar-refractivity contribution >= 4 is 29.9 Å². The lowest BCUT2D eigenvalue weighted by molar-refractivity contribution is 0.179. The molecule has 0 bridgehead atoms. The van der Waals surface area contributed by atoms with Gasteiger partial charge in [0.15, 0.2) is 5.96 Å². The molecular formula is C19H27IN4O2. The van der Waals surface area contributed by atoms with Crippen molar-refractivity contribution in [3.63, 3.8) is 0 Å². The molecule has 0 spiro atoms. The van der Waals surface area contributed by atoms with Crippen molar-refractivity contribution in [1.29, 1.82) is 0 Å². The van der Waals surface area contributed by atoms with E-state index in [-0.39, 0.29) is 35.6 Å². The van der Waals surface area contributed by atoms with Gasteiger partial charge in [0.05, 0.1) is 13.2 Å². The number of hydrogen-bond donors (Lipinski definition) is 2. The van der Waals surface area contributed by atoms with Crippen molar-refractivity contribution in [2.75, 3.05) is 20.8 Å². The fourth-order valence-corrected chi connectivity index (χ4v) is 2.46. The number of halogens is 1. The molecule has 2 rings (SSSR count). The van der Waals surface area contributed by atoms with Crippen LogP contribution in [0, 0.1) is 0 Å². The predicted octanol–water partition coefficient (Wildman–Crippen LogP) is 2.21. The van der Waals surface area contributed by atoms with Crippen molar-refractivity contribution in [3.05, 3.63) is 70.1 Å². The fraction of sp³-hybridized carbons (Fsp3) is 0.368. The molecule has 0 radical (unpaired) electrons. The Kier molecular flexibility index (Phi) is 9.97. The van der Waals surface area contributed by atoms with E-state index in [1.165, 1.54) is 0 Å². The van der Waals surface area contributed by atoms with E-state index < -0.39 is 0 Å². The number of guanidine groups is 1. The highest BCUT2D eigenvalue weighted by molar-refractivity contribution is 14.0. The molecule has 2 aromatic rings. The largest absolute Gasteiger partial charge is 0.383 e. The van der Waals surface area contributed by atoms with Crippen molar-refractivity contribution in [2.45, 2.75) is 26.1 Å². The van der Waals surface area contributed by atoms with E-state index >= 15 is 0 Å². The smallest absolute Gasteiger partial charge is 0.250 e. The van der Waals surface area contributed by atoms with Gasteiger partial charge in [-0.3, -0.25) is 9.79 Å². The molecule has 0 aliphatic rings. The molecule has 142 valence electrons. The maximum absolute atomic E-state index is 11.8. The lowest BCUT2D eigenvalue weighted by atomic mass is 10.1. The summed E-state index contributed by atoms with van der Waals surface area (Å²) in [5.41, 5.74) is 2.24. The fourth-order valence-electron chi connectivity index (χ4n) is 2.46. The van der Waals surface area contributed by atoms with Crippen LogP contribution in [0.3, 0.4) is 0 Å². The zero-order chi connectivity index (χ0) is 18.1. The molecule has 1 aromatic carbocycles. The summed E-state index contributed by atoms with van der Waals surface area (Å²) in [6.07, 6.45) is 1.80. The second-order valence-corrected chi connectivity index (χ2v) is 5.91. The van der Waals surface area contributed by atoms with Crippen molar-refractivity contribution < 1.29 is 4.74 Å². The third kappa shape index (κ3) is 7.17. The number of pyridine rings is 1. The molecule has 26 heavy (non-hydrogen) atoms. The Morgan fingerprint density at radius 3 is 2.50 bits per heavy atom. The van der Waals surface area contributed by atoms with Crippen LogP contribution in [-0.2, 0) is 17.8 Å². The average Bonchev–Trinajstić information content (AvgIpc) is 2.62. The van der Waals surface area contributed by atoms with E-state index in [1.54, 1.807) is 37.1 Å². The zero-order valence-electron chi connectivity index (χ0n) is 15.4. The molecule has 1 heterocycles. The SMILES string of the molecule is CN=C(NCc1ccc(Cn2ccccc2=O)cc1)NC(C)COC.I. The summed E-state index contributed by atoms with van der Waals surface area (Å²) in [6, 6.07) is 13.6. The van der Waals surface area contributed by atoms with Gasteiger partial charge in [-0.15, -0.1) is 24.0 Å². The lowest BCUT2D eigenvalue weighted by Crippen LogP contribution is -2.43. The summed E-state index contributed by atoms with van der Waals surface area (Å²) in [5, 5.41) is 6.55. The summed E-state index contributed by atoms with van der Waals surface area (Å²) < 4.78 is 6.80. The number of aliphatic imine (C=N–C) groups is 1. The summed E-state index contributed by atoms with van der Waals surface area (Å²) in [5.74, 6) is 0.740. The van der Waals surface area contributed by atoms with Gasteiger partial charge < -0.3 is 19.9 Å². The summed E-state index contributed by atoms with van der Waals surface area (Å²) in [6.45, 7) is 3.90. The first-order valence-electron chi connectivity index (χ1n) is 8.31. The maximum atomic E-state index is 11.8. The Bertz CT molecular complexity index is 744. The Hall–Kier alpha value is -1.87. The highest BCUT2D eigenvalue weighted by Gasteiger charge is 2.04. The first kappa shape index (κ1) is 22.2. The van der Waals surface area contributed by atoms with Crippen LogP contribution in [0.5, 0.6) is 0 Å². The third-order valence-electron chi connectivity index (χ3n) is 3.76. The van der Waals surface area contributed by atoms with Crippen LogP contribution in [0.4, 0.5) is 0 Å². The molecule has 0 fully saturated rings. The molecule has 1 unspecified atom stereocenters. The Labute approximate surface area is 171 Å². The van der Waals surface area contributed by atoms with Crippen LogP contribution in [0.2, 0.25) is 0 Å². The predicted molar refractivity (Wildman–Crippen MR) is 116 cm³/mol. The van der Waals surface area contributed by atoms with E-state index in [0.29, 0.717) is 19.7 Å². The van der Waals surface area contributed by atoms with Crippen molar-refractivity contribution in [2.24, 2.45) is 4.99 Å².